The summed E-state index contributed by atoms with van der Waals surface area (Å²) in [4.78, 5) is 28.3. The second kappa shape index (κ2) is 10.9. The van der Waals surface area contributed by atoms with Crippen LogP contribution in [0.25, 0.3) is 0 Å². The van der Waals surface area contributed by atoms with Gasteiger partial charge < -0.3 is 25.2 Å². The van der Waals surface area contributed by atoms with Crippen molar-refractivity contribution in [1.29, 1.82) is 0 Å². The summed E-state index contributed by atoms with van der Waals surface area (Å²) in [6.07, 6.45) is 1.89. The fourth-order valence-corrected chi connectivity index (χ4v) is 5.69. The van der Waals surface area contributed by atoms with Crippen LogP contribution in [0, 0.1) is 0 Å². The van der Waals surface area contributed by atoms with Crippen molar-refractivity contribution in [1.82, 2.24) is 15.3 Å². The number of nitrogens with one attached hydrogen (secondary N) is 2. The Morgan fingerprint density at radius 3 is 2.50 bits per heavy atom. The standard InChI is InChI=1S/C27H31Cl2N7O2/c1-16-13-35(14-17(2)38-16)23-9-8-19(10-18(23)11-30-3)32-27-31-12-20-25(33-27)34(4)15-36(26(20)37)24-21(28)6-5-7-22(24)29/h5-10,12,16-17,30H,11,13-15H2,1-4H3,(H,31,32,33). The largest absolute Gasteiger partial charge is 0.372 e. The number of hydrogen-bond acceptors (Lipinski definition) is 8. The highest BCUT2D eigenvalue weighted by molar-refractivity contribution is 6.40. The topological polar surface area (TPSA) is 85.9 Å². The Kier molecular flexibility index (Phi) is 7.63. The fraction of sp³-hybridized carbons (Fsp3) is 0.370. The molecule has 1 fully saturated rings. The lowest BCUT2D eigenvalue weighted by Gasteiger charge is -2.38. The second-order valence-corrected chi connectivity index (χ2v) is 10.5. The third-order valence-electron chi connectivity index (χ3n) is 6.63. The van der Waals surface area contributed by atoms with Gasteiger partial charge in [0.1, 0.15) is 11.4 Å². The average Bonchev–Trinajstić information content (AvgIpc) is 2.86. The van der Waals surface area contributed by atoms with E-state index in [9.17, 15) is 4.79 Å². The summed E-state index contributed by atoms with van der Waals surface area (Å²) in [5, 5.41) is 7.39. The van der Waals surface area contributed by atoms with E-state index in [1.54, 1.807) is 29.3 Å². The Labute approximate surface area is 232 Å². The van der Waals surface area contributed by atoms with Gasteiger partial charge in [-0.3, -0.25) is 9.69 Å². The van der Waals surface area contributed by atoms with Crippen LogP contribution in [-0.2, 0) is 11.3 Å². The van der Waals surface area contributed by atoms with Crippen LogP contribution >= 0.6 is 23.2 Å². The molecule has 2 aliphatic heterocycles. The maximum Gasteiger partial charge on any atom is 0.265 e. The zero-order valence-electron chi connectivity index (χ0n) is 21.8. The van der Waals surface area contributed by atoms with Gasteiger partial charge in [-0.1, -0.05) is 29.3 Å². The number of morpholine rings is 1. The first-order chi connectivity index (χ1) is 18.2. The van der Waals surface area contributed by atoms with Crippen LogP contribution in [0.4, 0.5) is 28.8 Å². The van der Waals surface area contributed by atoms with Gasteiger partial charge in [-0.25, -0.2) is 4.98 Å². The van der Waals surface area contributed by atoms with Gasteiger partial charge in [0.2, 0.25) is 5.95 Å². The predicted octanol–water partition coefficient (Wildman–Crippen LogP) is 4.91. The smallest absolute Gasteiger partial charge is 0.265 e. The van der Waals surface area contributed by atoms with Gasteiger partial charge in [0.25, 0.3) is 5.91 Å². The number of ether oxygens (including phenoxy) is 1. The van der Waals surface area contributed by atoms with Crippen molar-refractivity contribution in [3.63, 3.8) is 0 Å². The SMILES string of the molecule is CNCc1cc(Nc2ncc3c(n2)N(C)CN(c2c(Cl)cccc2Cl)C3=O)ccc1N1CC(C)OC(C)C1. The second-order valence-electron chi connectivity index (χ2n) is 9.73. The minimum absolute atomic E-state index is 0.174. The number of benzene rings is 2. The Hall–Kier alpha value is -3.11. The molecule has 200 valence electrons. The summed E-state index contributed by atoms with van der Waals surface area (Å²) >= 11 is 12.8. The summed E-state index contributed by atoms with van der Waals surface area (Å²) in [6, 6.07) is 11.4. The van der Waals surface area contributed by atoms with Crippen molar-refractivity contribution in [2.75, 3.05) is 53.9 Å². The van der Waals surface area contributed by atoms with Crippen LogP contribution in [0.1, 0.15) is 29.8 Å². The summed E-state index contributed by atoms with van der Waals surface area (Å²) in [7, 11) is 3.80. The predicted molar refractivity (Wildman–Crippen MR) is 153 cm³/mol. The molecular weight excluding hydrogens is 525 g/mol. The highest BCUT2D eigenvalue weighted by atomic mass is 35.5. The normalized spacial score (nSPS) is 19.5. The van der Waals surface area contributed by atoms with E-state index in [2.05, 4.69) is 51.5 Å². The first-order valence-corrected chi connectivity index (χ1v) is 13.3. The number of rotatable bonds is 6. The summed E-state index contributed by atoms with van der Waals surface area (Å²) in [6.45, 7) is 6.87. The minimum atomic E-state index is -0.255. The van der Waals surface area contributed by atoms with Crippen LogP contribution in [0.15, 0.2) is 42.6 Å². The minimum Gasteiger partial charge on any atom is -0.372 e. The lowest BCUT2D eigenvalue weighted by molar-refractivity contribution is -0.00526. The number of carbonyl (C=O) groups excluding carboxylic acids is 1. The lowest BCUT2D eigenvalue weighted by Crippen LogP contribution is -2.46. The van der Waals surface area contributed by atoms with E-state index in [0.29, 0.717) is 39.6 Å². The van der Waals surface area contributed by atoms with Crippen LogP contribution < -0.4 is 25.3 Å². The third kappa shape index (κ3) is 5.24. The third-order valence-corrected chi connectivity index (χ3v) is 7.24. The number of nitrogens with zero attached hydrogens (tertiary/aromatic N) is 5. The lowest BCUT2D eigenvalue weighted by atomic mass is 10.1. The number of halogens is 2. The molecule has 11 heteroatoms. The number of para-hydroxylation sites is 1. The summed E-state index contributed by atoms with van der Waals surface area (Å²) in [5.74, 6) is 0.689. The molecule has 0 bridgehead atoms. The quantitative estimate of drug-likeness (QED) is 0.443. The molecule has 38 heavy (non-hydrogen) atoms. The van der Waals surface area contributed by atoms with Crippen molar-refractivity contribution in [3.8, 4) is 0 Å². The molecule has 3 heterocycles. The zero-order valence-corrected chi connectivity index (χ0v) is 23.3. The van der Waals surface area contributed by atoms with E-state index in [1.165, 1.54) is 5.69 Å². The molecule has 5 rings (SSSR count). The van der Waals surface area contributed by atoms with Crippen molar-refractivity contribution < 1.29 is 9.53 Å². The Balaban J connectivity index is 1.40. The fourth-order valence-electron chi connectivity index (χ4n) is 5.09. The first kappa shape index (κ1) is 26.5. The number of aromatic nitrogens is 2. The first-order valence-electron chi connectivity index (χ1n) is 12.5. The van der Waals surface area contributed by atoms with Crippen LogP contribution in [-0.4, -0.2) is 61.9 Å². The van der Waals surface area contributed by atoms with Crippen LogP contribution in [0.5, 0.6) is 0 Å². The van der Waals surface area contributed by atoms with Gasteiger partial charge in [-0.05, 0) is 56.8 Å². The molecule has 2 aliphatic rings. The van der Waals surface area contributed by atoms with E-state index in [-0.39, 0.29) is 24.8 Å². The molecule has 2 unspecified atom stereocenters. The number of fused-ring (bicyclic) bond motifs is 1. The van der Waals surface area contributed by atoms with E-state index < -0.39 is 0 Å². The number of anilines is 5. The van der Waals surface area contributed by atoms with Crippen molar-refractivity contribution in [2.24, 2.45) is 0 Å². The molecule has 2 aromatic carbocycles. The number of amides is 1. The van der Waals surface area contributed by atoms with Crippen molar-refractivity contribution >= 4 is 57.9 Å². The molecule has 1 aromatic heterocycles. The molecule has 0 aliphatic carbocycles. The number of hydrogen-bond donors (Lipinski definition) is 2. The van der Waals surface area contributed by atoms with Crippen molar-refractivity contribution in [2.45, 2.75) is 32.6 Å². The molecule has 3 aromatic rings. The van der Waals surface area contributed by atoms with Gasteiger partial charge in [0.05, 0.1) is 34.6 Å². The van der Waals surface area contributed by atoms with Crippen LogP contribution in [0.3, 0.4) is 0 Å². The molecule has 0 saturated carbocycles. The Bertz CT molecular complexity index is 1320. The average molecular weight is 556 g/mol. The molecule has 9 nitrogen and oxygen atoms in total. The van der Waals surface area contributed by atoms with Gasteiger partial charge >= 0.3 is 0 Å². The Morgan fingerprint density at radius 2 is 1.82 bits per heavy atom. The van der Waals surface area contributed by atoms with E-state index in [0.717, 1.165) is 24.3 Å². The monoisotopic (exact) mass is 555 g/mol. The molecule has 2 N–H and O–H groups in total. The molecule has 1 amide bonds. The van der Waals surface area contributed by atoms with Crippen LogP contribution in [0.2, 0.25) is 10.0 Å². The maximum atomic E-state index is 13.3. The molecule has 2 atom stereocenters. The van der Waals surface area contributed by atoms with E-state index in [1.807, 2.05) is 25.1 Å². The summed E-state index contributed by atoms with van der Waals surface area (Å²) < 4.78 is 5.92. The van der Waals surface area contributed by atoms with Gasteiger partial charge in [-0.2, -0.15) is 4.98 Å². The van der Waals surface area contributed by atoms with E-state index >= 15 is 0 Å². The molecule has 0 spiro atoms. The zero-order chi connectivity index (χ0) is 27.0. The molecule has 1 saturated heterocycles. The maximum absolute atomic E-state index is 13.3. The highest BCUT2D eigenvalue weighted by Crippen LogP contribution is 2.37. The molecule has 0 radical (unpaired) electrons. The van der Waals surface area contributed by atoms with Gasteiger partial charge in [0.15, 0.2) is 0 Å². The number of carbonyl (C=O) groups is 1. The Morgan fingerprint density at radius 1 is 1.11 bits per heavy atom. The highest BCUT2D eigenvalue weighted by Gasteiger charge is 2.33. The van der Waals surface area contributed by atoms with Gasteiger partial charge in [0, 0.05) is 44.3 Å². The van der Waals surface area contributed by atoms with Gasteiger partial charge in [-0.15, -0.1) is 0 Å². The van der Waals surface area contributed by atoms with E-state index in [4.69, 9.17) is 27.9 Å². The van der Waals surface area contributed by atoms with Crippen molar-refractivity contribution in [3.05, 3.63) is 63.8 Å². The summed E-state index contributed by atoms with van der Waals surface area (Å²) in [5.41, 5.74) is 4.06. The molecular formula is C27H31Cl2N7O2.